The predicted molar refractivity (Wildman–Crippen MR) is 79.4 cm³/mol. The molecule has 0 unspecified atom stereocenters. The molecule has 8 heteroatoms. The molecule has 0 saturated heterocycles. The minimum Gasteiger partial charge on any atom is -0.505 e. The van der Waals surface area contributed by atoms with E-state index in [1.54, 1.807) is 18.2 Å². The van der Waals surface area contributed by atoms with Crippen molar-refractivity contribution < 1.29 is 5.11 Å². The number of benzene rings is 1. The minimum absolute atomic E-state index is 0.0348. The summed E-state index contributed by atoms with van der Waals surface area (Å²) in [5.41, 5.74) is 1.29. The second-order valence-electron chi connectivity index (χ2n) is 4.01. The van der Waals surface area contributed by atoms with Crippen LogP contribution >= 0.6 is 23.1 Å². The van der Waals surface area contributed by atoms with E-state index < -0.39 is 0 Å². The molecule has 102 valence electrons. The molecule has 1 N–H and O–H groups in total. The van der Waals surface area contributed by atoms with E-state index in [9.17, 15) is 5.11 Å². The van der Waals surface area contributed by atoms with Gasteiger partial charge in [-0.1, -0.05) is 11.6 Å². The maximum absolute atomic E-state index is 9.29. The fraction of sp³-hybridized carbons (Fsp3) is 0. The SMILES string of the molecule is N#Cc1ccc2nsc(N=Nc3ccc(O)c(Cl)n3)c2c1. The molecule has 3 aromatic rings. The van der Waals surface area contributed by atoms with E-state index in [1.165, 1.54) is 23.7 Å². The van der Waals surface area contributed by atoms with Gasteiger partial charge in [-0.25, -0.2) is 4.98 Å². The minimum atomic E-state index is -0.113. The summed E-state index contributed by atoms with van der Waals surface area (Å²) in [5.74, 6) is 0.160. The van der Waals surface area contributed by atoms with Gasteiger partial charge < -0.3 is 5.11 Å². The van der Waals surface area contributed by atoms with E-state index >= 15 is 0 Å². The first-order valence-electron chi connectivity index (χ1n) is 5.74. The molecular formula is C13H6ClN5OS. The Morgan fingerprint density at radius 1 is 1.24 bits per heavy atom. The Morgan fingerprint density at radius 2 is 2.10 bits per heavy atom. The molecule has 0 radical (unpaired) electrons. The van der Waals surface area contributed by atoms with E-state index in [0.717, 1.165) is 10.9 Å². The lowest BCUT2D eigenvalue weighted by atomic mass is 10.2. The smallest absolute Gasteiger partial charge is 0.176 e. The number of rotatable bonds is 2. The van der Waals surface area contributed by atoms with Gasteiger partial charge in [0.25, 0.3) is 0 Å². The average Bonchev–Trinajstić information content (AvgIpc) is 2.90. The van der Waals surface area contributed by atoms with Crippen molar-refractivity contribution in [1.29, 1.82) is 5.26 Å². The highest BCUT2D eigenvalue weighted by molar-refractivity contribution is 7.11. The molecule has 0 amide bonds. The molecule has 0 aliphatic rings. The fourth-order valence-electron chi connectivity index (χ4n) is 1.64. The largest absolute Gasteiger partial charge is 0.505 e. The first kappa shape index (κ1) is 13.4. The van der Waals surface area contributed by atoms with E-state index in [0.29, 0.717) is 10.6 Å². The summed E-state index contributed by atoms with van der Waals surface area (Å²) < 4.78 is 4.23. The third-order valence-corrected chi connectivity index (χ3v) is 3.68. The van der Waals surface area contributed by atoms with Crippen LogP contribution in [0.5, 0.6) is 5.75 Å². The third-order valence-electron chi connectivity index (χ3n) is 2.64. The number of aromatic nitrogens is 2. The second kappa shape index (κ2) is 5.44. The van der Waals surface area contributed by atoms with Crippen LogP contribution in [-0.2, 0) is 0 Å². The number of aromatic hydroxyl groups is 1. The lowest BCUT2D eigenvalue weighted by Crippen LogP contribution is -1.76. The molecule has 3 rings (SSSR count). The molecule has 0 fully saturated rings. The number of fused-ring (bicyclic) bond motifs is 1. The Hall–Kier alpha value is -2.56. The Kier molecular flexibility index (Phi) is 3.48. The van der Waals surface area contributed by atoms with E-state index in [-0.39, 0.29) is 16.7 Å². The van der Waals surface area contributed by atoms with Gasteiger partial charge in [0.1, 0.15) is 0 Å². The molecule has 0 spiro atoms. The molecule has 0 bridgehead atoms. The van der Waals surface area contributed by atoms with Crippen molar-refractivity contribution in [2.24, 2.45) is 10.2 Å². The van der Waals surface area contributed by atoms with Crippen molar-refractivity contribution in [3.63, 3.8) is 0 Å². The molecule has 2 heterocycles. The predicted octanol–water partition coefficient (Wildman–Crippen LogP) is 4.34. The Morgan fingerprint density at radius 3 is 2.86 bits per heavy atom. The Labute approximate surface area is 128 Å². The van der Waals surface area contributed by atoms with Gasteiger partial charge in [-0.2, -0.15) is 9.64 Å². The summed E-state index contributed by atoms with van der Waals surface area (Å²) in [6.45, 7) is 0. The van der Waals surface area contributed by atoms with Gasteiger partial charge in [0.15, 0.2) is 21.7 Å². The monoisotopic (exact) mass is 315 g/mol. The van der Waals surface area contributed by atoms with Crippen molar-refractivity contribution in [1.82, 2.24) is 9.36 Å². The zero-order valence-electron chi connectivity index (χ0n) is 10.4. The topological polar surface area (TPSA) is 94.5 Å². The summed E-state index contributed by atoms with van der Waals surface area (Å²) in [7, 11) is 0. The summed E-state index contributed by atoms with van der Waals surface area (Å²) in [6.07, 6.45) is 0. The van der Waals surface area contributed by atoms with Gasteiger partial charge in [-0.05, 0) is 41.9 Å². The number of nitrogens with zero attached hydrogens (tertiary/aromatic N) is 5. The summed E-state index contributed by atoms with van der Waals surface area (Å²) in [6, 6.07) is 10.1. The van der Waals surface area contributed by atoms with Crippen molar-refractivity contribution in [2.75, 3.05) is 0 Å². The zero-order valence-corrected chi connectivity index (χ0v) is 11.9. The third kappa shape index (κ3) is 2.67. The standard InChI is InChI=1S/C13H6ClN5OS/c14-12-10(20)3-4-11(16-12)17-18-13-8-5-7(6-15)1-2-9(8)19-21-13/h1-5,20H. The average molecular weight is 316 g/mol. The van der Waals surface area contributed by atoms with Crippen LogP contribution in [0.15, 0.2) is 40.6 Å². The van der Waals surface area contributed by atoms with Crippen LogP contribution in [0.25, 0.3) is 10.9 Å². The zero-order chi connectivity index (χ0) is 14.8. The number of azo groups is 1. The molecule has 1 aromatic carbocycles. The molecule has 6 nitrogen and oxygen atoms in total. The van der Waals surface area contributed by atoms with E-state index in [4.69, 9.17) is 16.9 Å². The lowest BCUT2D eigenvalue weighted by Gasteiger charge is -1.95. The van der Waals surface area contributed by atoms with Crippen molar-refractivity contribution >= 4 is 44.9 Å². The van der Waals surface area contributed by atoms with Crippen LogP contribution in [0.4, 0.5) is 10.8 Å². The van der Waals surface area contributed by atoms with Gasteiger partial charge in [0.05, 0.1) is 17.1 Å². The van der Waals surface area contributed by atoms with Crippen LogP contribution in [0.3, 0.4) is 0 Å². The van der Waals surface area contributed by atoms with Gasteiger partial charge >= 0.3 is 0 Å². The number of nitriles is 1. The van der Waals surface area contributed by atoms with Gasteiger partial charge in [0.2, 0.25) is 0 Å². The van der Waals surface area contributed by atoms with Crippen molar-refractivity contribution in [3.05, 3.63) is 41.0 Å². The highest BCUT2D eigenvalue weighted by atomic mass is 35.5. The number of pyridine rings is 1. The highest BCUT2D eigenvalue weighted by Crippen LogP contribution is 2.32. The van der Waals surface area contributed by atoms with Gasteiger partial charge in [0, 0.05) is 5.39 Å². The van der Waals surface area contributed by atoms with Crippen LogP contribution in [0.1, 0.15) is 5.56 Å². The molecule has 0 aliphatic heterocycles. The van der Waals surface area contributed by atoms with Gasteiger partial charge in [-0.3, -0.25) is 0 Å². The fourth-order valence-corrected chi connectivity index (χ4v) is 2.47. The first-order chi connectivity index (χ1) is 10.2. The Balaban J connectivity index is 1.99. The number of hydrogen-bond donors (Lipinski definition) is 1. The Bertz CT molecular complexity index is 899. The maximum atomic E-state index is 9.29. The van der Waals surface area contributed by atoms with Crippen molar-refractivity contribution in [3.8, 4) is 11.8 Å². The maximum Gasteiger partial charge on any atom is 0.176 e. The van der Waals surface area contributed by atoms with Crippen LogP contribution in [0, 0.1) is 11.3 Å². The molecule has 21 heavy (non-hydrogen) atoms. The summed E-state index contributed by atoms with van der Waals surface area (Å²) in [5, 5.41) is 27.6. The molecule has 0 aliphatic carbocycles. The van der Waals surface area contributed by atoms with E-state index in [2.05, 4.69) is 25.7 Å². The molecular weight excluding hydrogens is 310 g/mol. The summed E-state index contributed by atoms with van der Waals surface area (Å²) >= 11 is 6.88. The number of halogens is 1. The van der Waals surface area contributed by atoms with Crippen LogP contribution in [0.2, 0.25) is 5.15 Å². The summed E-state index contributed by atoms with van der Waals surface area (Å²) in [4.78, 5) is 3.87. The van der Waals surface area contributed by atoms with Crippen LogP contribution in [-0.4, -0.2) is 14.5 Å². The second-order valence-corrected chi connectivity index (χ2v) is 5.12. The molecule has 0 saturated carbocycles. The molecule has 0 atom stereocenters. The van der Waals surface area contributed by atoms with Crippen LogP contribution < -0.4 is 0 Å². The first-order valence-corrected chi connectivity index (χ1v) is 6.89. The van der Waals surface area contributed by atoms with Gasteiger partial charge in [-0.15, -0.1) is 10.2 Å². The highest BCUT2D eigenvalue weighted by Gasteiger charge is 2.07. The quantitative estimate of drug-likeness (QED) is 0.562. The normalized spacial score (nSPS) is 11.0. The molecule has 2 aromatic heterocycles. The lowest BCUT2D eigenvalue weighted by molar-refractivity contribution is 0.473. The van der Waals surface area contributed by atoms with Crippen molar-refractivity contribution in [2.45, 2.75) is 0 Å². The van der Waals surface area contributed by atoms with E-state index in [1.807, 2.05) is 0 Å². The number of hydrogen-bond acceptors (Lipinski definition) is 7.